The maximum absolute atomic E-state index is 12.1. The van der Waals surface area contributed by atoms with E-state index < -0.39 is 0 Å². The maximum Gasteiger partial charge on any atom is 0.251 e. The summed E-state index contributed by atoms with van der Waals surface area (Å²) >= 11 is 1.66. The summed E-state index contributed by atoms with van der Waals surface area (Å²) in [5.74, 6) is 1.56. The molecule has 0 heterocycles. The molecule has 0 fully saturated rings. The predicted molar refractivity (Wildman–Crippen MR) is 92.3 cm³/mol. The number of nitrogens with one attached hydrogen (secondary N) is 2. The minimum atomic E-state index is -0.0577. The van der Waals surface area contributed by atoms with Gasteiger partial charge in [0, 0.05) is 37.1 Å². The molecule has 22 heavy (non-hydrogen) atoms. The lowest BCUT2D eigenvalue weighted by atomic mass is 10.1. The van der Waals surface area contributed by atoms with E-state index in [1.807, 2.05) is 42.5 Å². The molecule has 0 saturated carbocycles. The van der Waals surface area contributed by atoms with Crippen molar-refractivity contribution in [3.63, 3.8) is 0 Å². The molecule has 0 aliphatic rings. The first-order valence-corrected chi connectivity index (χ1v) is 8.41. The number of carbonyl (C=O) groups excluding carboxylic acids is 2. The summed E-state index contributed by atoms with van der Waals surface area (Å²) in [5.41, 5.74) is 0.675. The van der Waals surface area contributed by atoms with Gasteiger partial charge in [0.05, 0.1) is 0 Å². The molecular weight excluding hydrogens is 296 g/mol. The van der Waals surface area contributed by atoms with Gasteiger partial charge in [-0.15, -0.1) is 0 Å². The summed E-state index contributed by atoms with van der Waals surface area (Å²) in [4.78, 5) is 23.1. The fourth-order valence-corrected chi connectivity index (χ4v) is 2.84. The van der Waals surface area contributed by atoms with Crippen LogP contribution in [0.2, 0.25) is 0 Å². The minimum absolute atomic E-state index is 0.0488. The second kappa shape index (κ2) is 8.44. The fraction of sp³-hybridized carbons (Fsp3) is 0.294. The van der Waals surface area contributed by atoms with Crippen LogP contribution in [0.15, 0.2) is 42.5 Å². The van der Waals surface area contributed by atoms with Crippen LogP contribution in [0.5, 0.6) is 0 Å². The molecule has 0 spiro atoms. The predicted octanol–water partition coefficient (Wildman–Crippen LogP) is 2.44. The Hall–Kier alpha value is -2.01. The summed E-state index contributed by atoms with van der Waals surface area (Å²) in [5, 5.41) is 7.69. The van der Waals surface area contributed by atoms with Gasteiger partial charge in [-0.2, -0.15) is 11.8 Å². The Labute approximate surface area is 134 Å². The van der Waals surface area contributed by atoms with E-state index in [0.717, 1.165) is 22.3 Å². The highest BCUT2D eigenvalue weighted by molar-refractivity contribution is 7.99. The summed E-state index contributed by atoms with van der Waals surface area (Å²) in [6, 6.07) is 13.7. The second-order valence-electron chi connectivity index (χ2n) is 4.85. The summed E-state index contributed by atoms with van der Waals surface area (Å²) < 4.78 is 0. The number of carbonyl (C=O) groups is 2. The lowest BCUT2D eigenvalue weighted by molar-refractivity contribution is -0.120. The number of benzene rings is 2. The number of amides is 2. The van der Waals surface area contributed by atoms with E-state index >= 15 is 0 Å². The Morgan fingerprint density at radius 1 is 1.05 bits per heavy atom. The van der Waals surface area contributed by atoms with E-state index in [1.54, 1.807) is 18.8 Å². The Kier molecular flexibility index (Phi) is 6.27. The molecule has 0 bridgehead atoms. The van der Waals surface area contributed by atoms with Crippen molar-refractivity contribution in [3.8, 4) is 0 Å². The van der Waals surface area contributed by atoms with Crippen molar-refractivity contribution in [2.45, 2.75) is 6.42 Å². The second-order valence-corrected chi connectivity index (χ2v) is 6.08. The summed E-state index contributed by atoms with van der Waals surface area (Å²) in [7, 11) is 1.64. The monoisotopic (exact) mass is 316 g/mol. The average Bonchev–Trinajstić information content (AvgIpc) is 2.56. The van der Waals surface area contributed by atoms with E-state index in [4.69, 9.17) is 0 Å². The van der Waals surface area contributed by atoms with Crippen LogP contribution in [0.3, 0.4) is 0 Å². The standard InChI is InChI=1S/C17H20N2O2S/c1-18-16(20)8-10-22-11-9-19-17(21)15-7-6-13-4-2-3-5-14(13)12-15/h2-7,12H,8-11H2,1H3,(H,18,20)(H,19,21). The van der Waals surface area contributed by atoms with Gasteiger partial charge in [0.1, 0.15) is 0 Å². The van der Waals surface area contributed by atoms with Gasteiger partial charge in [0.15, 0.2) is 0 Å². The zero-order valence-corrected chi connectivity index (χ0v) is 13.4. The van der Waals surface area contributed by atoms with Crippen LogP contribution in [0, 0.1) is 0 Å². The molecule has 0 aliphatic heterocycles. The molecule has 0 saturated heterocycles. The molecule has 5 heteroatoms. The molecule has 0 unspecified atom stereocenters. The van der Waals surface area contributed by atoms with Gasteiger partial charge in [-0.1, -0.05) is 30.3 Å². The van der Waals surface area contributed by atoms with Crippen LogP contribution in [-0.2, 0) is 4.79 Å². The van der Waals surface area contributed by atoms with Crippen LogP contribution >= 0.6 is 11.8 Å². The van der Waals surface area contributed by atoms with Crippen LogP contribution < -0.4 is 10.6 Å². The first-order valence-electron chi connectivity index (χ1n) is 7.26. The van der Waals surface area contributed by atoms with Crippen molar-refractivity contribution < 1.29 is 9.59 Å². The molecule has 0 aromatic heterocycles. The highest BCUT2D eigenvalue weighted by Gasteiger charge is 2.05. The van der Waals surface area contributed by atoms with Crippen LogP contribution in [-0.4, -0.2) is 36.9 Å². The number of hydrogen-bond donors (Lipinski definition) is 2. The Balaban J connectivity index is 1.75. The largest absolute Gasteiger partial charge is 0.359 e. The van der Waals surface area contributed by atoms with Gasteiger partial charge < -0.3 is 10.6 Å². The molecule has 116 valence electrons. The first kappa shape index (κ1) is 16.4. The zero-order valence-electron chi connectivity index (χ0n) is 12.6. The molecule has 0 aliphatic carbocycles. The molecule has 0 radical (unpaired) electrons. The lowest BCUT2D eigenvalue weighted by Crippen LogP contribution is -2.26. The number of hydrogen-bond acceptors (Lipinski definition) is 3. The number of rotatable bonds is 7. The minimum Gasteiger partial charge on any atom is -0.359 e. The van der Waals surface area contributed by atoms with E-state index in [9.17, 15) is 9.59 Å². The highest BCUT2D eigenvalue weighted by Crippen LogP contribution is 2.15. The van der Waals surface area contributed by atoms with Crippen molar-refractivity contribution >= 4 is 34.3 Å². The zero-order chi connectivity index (χ0) is 15.8. The van der Waals surface area contributed by atoms with Crippen molar-refractivity contribution in [1.82, 2.24) is 10.6 Å². The molecule has 2 N–H and O–H groups in total. The van der Waals surface area contributed by atoms with Crippen molar-refractivity contribution in [1.29, 1.82) is 0 Å². The van der Waals surface area contributed by atoms with Crippen molar-refractivity contribution in [2.75, 3.05) is 25.1 Å². The average molecular weight is 316 g/mol. The molecule has 2 amide bonds. The SMILES string of the molecule is CNC(=O)CCSCCNC(=O)c1ccc2ccccc2c1. The Bertz CT molecular complexity index is 658. The molecule has 2 aromatic carbocycles. The summed E-state index contributed by atoms with van der Waals surface area (Å²) in [6.45, 7) is 0.601. The van der Waals surface area contributed by atoms with Gasteiger partial charge in [-0.3, -0.25) is 9.59 Å². The smallest absolute Gasteiger partial charge is 0.251 e. The highest BCUT2D eigenvalue weighted by atomic mass is 32.2. The maximum atomic E-state index is 12.1. The fourth-order valence-electron chi connectivity index (χ4n) is 2.06. The molecule has 2 rings (SSSR count). The normalized spacial score (nSPS) is 10.4. The van der Waals surface area contributed by atoms with E-state index in [0.29, 0.717) is 18.5 Å². The van der Waals surface area contributed by atoms with Crippen molar-refractivity contribution in [3.05, 3.63) is 48.0 Å². The molecule has 0 atom stereocenters. The van der Waals surface area contributed by atoms with Gasteiger partial charge >= 0.3 is 0 Å². The third-order valence-corrected chi connectivity index (χ3v) is 4.28. The molecule has 4 nitrogen and oxygen atoms in total. The molecule has 2 aromatic rings. The van der Waals surface area contributed by atoms with Gasteiger partial charge in [0.2, 0.25) is 5.91 Å². The lowest BCUT2D eigenvalue weighted by Gasteiger charge is -2.06. The number of thioether (sulfide) groups is 1. The van der Waals surface area contributed by atoms with Crippen LogP contribution in [0.1, 0.15) is 16.8 Å². The van der Waals surface area contributed by atoms with E-state index in [-0.39, 0.29) is 11.8 Å². The summed E-state index contributed by atoms with van der Waals surface area (Å²) in [6.07, 6.45) is 0.514. The third-order valence-electron chi connectivity index (χ3n) is 3.30. The quantitative estimate of drug-likeness (QED) is 0.771. The van der Waals surface area contributed by atoms with Gasteiger partial charge in [0.25, 0.3) is 5.91 Å². The topological polar surface area (TPSA) is 58.2 Å². The van der Waals surface area contributed by atoms with Crippen LogP contribution in [0.4, 0.5) is 0 Å². The first-order chi connectivity index (χ1) is 10.7. The van der Waals surface area contributed by atoms with E-state index in [1.165, 1.54) is 0 Å². The third kappa shape index (κ3) is 4.77. The Morgan fingerprint density at radius 2 is 1.82 bits per heavy atom. The van der Waals surface area contributed by atoms with Crippen molar-refractivity contribution in [2.24, 2.45) is 0 Å². The molecular formula is C17H20N2O2S. The van der Waals surface area contributed by atoms with E-state index in [2.05, 4.69) is 10.6 Å². The van der Waals surface area contributed by atoms with Gasteiger partial charge in [-0.05, 0) is 22.9 Å². The number of fused-ring (bicyclic) bond motifs is 1. The van der Waals surface area contributed by atoms with Gasteiger partial charge in [-0.25, -0.2) is 0 Å². The Morgan fingerprint density at radius 3 is 2.59 bits per heavy atom. The van der Waals surface area contributed by atoms with Crippen LogP contribution in [0.25, 0.3) is 10.8 Å².